The summed E-state index contributed by atoms with van der Waals surface area (Å²) in [6.07, 6.45) is 1.59. The Morgan fingerprint density at radius 2 is 1.79 bits per heavy atom. The molecule has 3 aromatic rings. The first-order valence-corrected chi connectivity index (χ1v) is 9.16. The summed E-state index contributed by atoms with van der Waals surface area (Å²) in [4.78, 5) is 19.4. The molecule has 6 heteroatoms. The molecule has 0 radical (unpaired) electrons. The molecule has 1 saturated heterocycles. The van der Waals surface area contributed by atoms with Gasteiger partial charge in [-0.2, -0.15) is 0 Å². The van der Waals surface area contributed by atoms with E-state index in [0.717, 1.165) is 16.5 Å². The second-order valence-corrected chi connectivity index (χ2v) is 6.67. The number of nitrogens with zero attached hydrogens (tertiary/aromatic N) is 2. The third-order valence-electron chi connectivity index (χ3n) is 4.93. The van der Waals surface area contributed by atoms with Gasteiger partial charge in [0.1, 0.15) is 17.6 Å². The van der Waals surface area contributed by atoms with E-state index >= 15 is 0 Å². The van der Waals surface area contributed by atoms with Crippen molar-refractivity contribution in [1.29, 1.82) is 0 Å². The summed E-state index contributed by atoms with van der Waals surface area (Å²) in [5, 5.41) is 2.19. The second-order valence-electron chi connectivity index (χ2n) is 6.67. The molecule has 0 saturated carbocycles. The summed E-state index contributed by atoms with van der Waals surface area (Å²) >= 11 is 0. The Labute approximate surface area is 163 Å². The average molecular weight is 378 g/mol. The highest BCUT2D eigenvalue weighted by Crippen LogP contribution is 2.27. The van der Waals surface area contributed by atoms with E-state index < -0.39 is 0 Å². The van der Waals surface area contributed by atoms with Crippen molar-refractivity contribution in [2.75, 3.05) is 33.9 Å². The standard InChI is InChI=1S/C22H22N2O4/c1-26-18-9-17(10-19(12-18)27-2)22(25)24-7-8-28-21(14-24)20-11-15-5-3-4-6-16(15)13-23-20/h3-6,9-13,21H,7-8,14H2,1-2H3/t21-/m1/s1. The number of fused-ring (bicyclic) bond motifs is 1. The van der Waals surface area contributed by atoms with Gasteiger partial charge in [0.25, 0.3) is 5.91 Å². The molecule has 0 N–H and O–H groups in total. The van der Waals surface area contributed by atoms with Crippen molar-refractivity contribution in [3.63, 3.8) is 0 Å². The molecule has 0 aliphatic carbocycles. The number of morpholine rings is 1. The molecular formula is C22H22N2O4. The number of amides is 1. The van der Waals surface area contributed by atoms with Gasteiger partial charge in [0.2, 0.25) is 0 Å². The number of aromatic nitrogens is 1. The largest absolute Gasteiger partial charge is 0.497 e. The van der Waals surface area contributed by atoms with Gasteiger partial charge in [0.15, 0.2) is 0 Å². The Hall–Kier alpha value is -3.12. The maximum absolute atomic E-state index is 13.1. The van der Waals surface area contributed by atoms with Crippen LogP contribution in [0.15, 0.2) is 54.7 Å². The maximum atomic E-state index is 13.1. The molecule has 144 valence electrons. The monoisotopic (exact) mass is 378 g/mol. The van der Waals surface area contributed by atoms with Crippen LogP contribution in [0.1, 0.15) is 22.2 Å². The van der Waals surface area contributed by atoms with Crippen LogP contribution in [0.3, 0.4) is 0 Å². The lowest BCUT2D eigenvalue weighted by atomic mass is 10.1. The van der Waals surface area contributed by atoms with Crippen LogP contribution < -0.4 is 9.47 Å². The molecule has 1 fully saturated rings. The van der Waals surface area contributed by atoms with Crippen molar-refractivity contribution in [3.05, 3.63) is 66.0 Å². The Bertz CT molecular complexity index is 982. The minimum Gasteiger partial charge on any atom is -0.497 e. The van der Waals surface area contributed by atoms with E-state index in [9.17, 15) is 4.79 Å². The number of hydrogen-bond donors (Lipinski definition) is 0. The Balaban J connectivity index is 1.57. The first-order chi connectivity index (χ1) is 13.7. The summed E-state index contributed by atoms with van der Waals surface area (Å²) in [6.45, 7) is 1.44. The van der Waals surface area contributed by atoms with Gasteiger partial charge < -0.3 is 19.1 Å². The molecule has 0 spiro atoms. The molecular weight excluding hydrogens is 356 g/mol. The summed E-state index contributed by atoms with van der Waals surface area (Å²) < 4.78 is 16.5. The average Bonchev–Trinajstić information content (AvgIpc) is 2.77. The third-order valence-corrected chi connectivity index (χ3v) is 4.93. The molecule has 1 aliphatic rings. The molecule has 0 bridgehead atoms. The van der Waals surface area contributed by atoms with Gasteiger partial charge in [-0.25, -0.2) is 0 Å². The predicted molar refractivity (Wildman–Crippen MR) is 106 cm³/mol. The lowest BCUT2D eigenvalue weighted by molar-refractivity contribution is -0.0246. The number of carbonyl (C=O) groups is 1. The molecule has 2 aromatic carbocycles. The van der Waals surface area contributed by atoms with E-state index in [4.69, 9.17) is 14.2 Å². The summed E-state index contributed by atoms with van der Waals surface area (Å²) in [5.74, 6) is 1.10. The van der Waals surface area contributed by atoms with E-state index in [1.54, 1.807) is 37.3 Å². The van der Waals surface area contributed by atoms with E-state index in [1.807, 2.05) is 30.5 Å². The molecule has 1 amide bonds. The molecule has 4 rings (SSSR count). The zero-order valence-electron chi connectivity index (χ0n) is 15.9. The minimum absolute atomic E-state index is 0.0775. The molecule has 1 atom stereocenters. The van der Waals surface area contributed by atoms with Crippen molar-refractivity contribution in [1.82, 2.24) is 9.88 Å². The highest BCUT2D eigenvalue weighted by Gasteiger charge is 2.27. The van der Waals surface area contributed by atoms with Crippen LogP contribution in [0.2, 0.25) is 0 Å². The first-order valence-electron chi connectivity index (χ1n) is 9.16. The van der Waals surface area contributed by atoms with Crippen LogP contribution in [-0.2, 0) is 4.74 Å². The van der Waals surface area contributed by atoms with E-state index in [-0.39, 0.29) is 12.0 Å². The summed E-state index contributed by atoms with van der Waals surface area (Å²) in [7, 11) is 3.14. The number of hydrogen-bond acceptors (Lipinski definition) is 5. The topological polar surface area (TPSA) is 60.9 Å². The molecule has 28 heavy (non-hydrogen) atoms. The molecule has 1 aromatic heterocycles. The van der Waals surface area contributed by atoms with Gasteiger partial charge >= 0.3 is 0 Å². The SMILES string of the molecule is COc1cc(OC)cc(C(=O)N2CCO[C@@H](c3cc4ccccc4cn3)C2)c1. The first kappa shape index (κ1) is 18.3. The van der Waals surface area contributed by atoms with Crippen molar-refractivity contribution in [3.8, 4) is 11.5 Å². The van der Waals surface area contributed by atoms with Crippen LogP contribution >= 0.6 is 0 Å². The van der Waals surface area contributed by atoms with E-state index in [1.165, 1.54) is 0 Å². The summed E-state index contributed by atoms with van der Waals surface area (Å²) in [5.41, 5.74) is 1.36. The number of carbonyl (C=O) groups excluding carboxylic acids is 1. The van der Waals surface area contributed by atoms with E-state index in [0.29, 0.717) is 36.8 Å². The summed E-state index contributed by atoms with van der Waals surface area (Å²) in [6, 6.07) is 15.3. The van der Waals surface area contributed by atoms with Gasteiger partial charge in [-0.3, -0.25) is 9.78 Å². The fourth-order valence-electron chi connectivity index (χ4n) is 3.40. The number of pyridine rings is 1. The normalized spacial score (nSPS) is 16.8. The lowest BCUT2D eigenvalue weighted by Crippen LogP contribution is -2.42. The van der Waals surface area contributed by atoms with Crippen LogP contribution in [0.5, 0.6) is 11.5 Å². The zero-order chi connectivity index (χ0) is 19.5. The second kappa shape index (κ2) is 7.86. The number of ether oxygens (including phenoxy) is 3. The smallest absolute Gasteiger partial charge is 0.254 e. The quantitative estimate of drug-likeness (QED) is 0.696. The highest BCUT2D eigenvalue weighted by molar-refractivity contribution is 5.95. The van der Waals surface area contributed by atoms with Crippen molar-refractivity contribution >= 4 is 16.7 Å². The fourth-order valence-corrected chi connectivity index (χ4v) is 3.40. The fraction of sp³-hybridized carbons (Fsp3) is 0.273. The maximum Gasteiger partial charge on any atom is 0.254 e. The van der Waals surface area contributed by atoms with Crippen LogP contribution in [0.25, 0.3) is 10.8 Å². The third kappa shape index (κ3) is 3.64. The van der Waals surface area contributed by atoms with Crippen molar-refractivity contribution < 1.29 is 19.0 Å². The van der Waals surface area contributed by atoms with Crippen LogP contribution in [0, 0.1) is 0 Å². The Morgan fingerprint density at radius 3 is 2.50 bits per heavy atom. The van der Waals surface area contributed by atoms with Crippen molar-refractivity contribution in [2.45, 2.75) is 6.10 Å². The lowest BCUT2D eigenvalue weighted by Gasteiger charge is -2.33. The molecule has 1 aliphatic heterocycles. The van der Waals surface area contributed by atoms with Gasteiger partial charge in [0, 0.05) is 29.8 Å². The molecule has 0 unspecified atom stereocenters. The zero-order valence-corrected chi connectivity index (χ0v) is 15.9. The molecule has 6 nitrogen and oxygen atoms in total. The van der Waals surface area contributed by atoms with Gasteiger partial charge in [-0.15, -0.1) is 0 Å². The number of rotatable bonds is 4. The van der Waals surface area contributed by atoms with Crippen LogP contribution in [-0.4, -0.2) is 49.7 Å². The van der Waals surface area contributed by atoms with Gasteiger partial charge in [0.05, 0.1) is 33.1 Å². The minimum atomic E-state index is -0.255. The van der Waals surface area contributed by atoms with Gasteiger partial charge in [-0.05, 0) is 23.6 Å². The van der Waals surface area contributed by atoms with Gasteiger partial charge in [-0.1, -0.05) is 24.3 Å². The predicted octanol–water partition coefficient (Wildman–Crippen LogP) is 3.47. The van der Waals surface area contributed by atoms with Crippen LogP contribution in [0.4, 0.5) is 0 Å². The molecule has 2 heterocycles. The van der Waals surface area contributed by atoms with Crippen molar-refractivity contribution in [2.24, 2.45) is 0 Å². The highest BCUT2D eigenvalue weighted by atomic mass is 16.5. The number of benzene rings is 2. The Morgan fingerprint density at radius 1 is 1.07 bits per heavy atom. The van der Waals surface area contributed by atoms with E-state index in [2.05, 4.69) is 11.1 Å². The Kier molecular flexibility index (Phi) is 5.12. The number of methoxy groups -OCH3 is 2.